The lowest BCUT2D eigenvalue weighted by Crippen LogP contribution is -2.36. The molecule has 1 aromatic heterocycles. The number of rotatable bonds is 6. The number of nitrogens with zero attached hydrogens (tertiary/aromatic N) is 4. The van der Waals surface area contributed by atoms with Crippen LogP contribution in [0, 0.1) is 6.92 Å². The van der Waals surface area contributed by atoms with E-state index in [2.05, 4.69) is 10.2 Å². The molecule has 1 amide bonds. The van der Waals surface area contributed by atoms with Crippen molar-refractivity contribution in [1.29, 1.82) is 0 Å². The number of hydrogen-bond acceptors (Lipinski definition) is 4. The van der Waals surface area contributed by atoms with Crippen LogP contribution in [0.3, 0.4) is 0 Å². The van der Waals surface area contributed by atoms with E-state index < -0.39 is 0 Å². The number of amides is 1. The summed E-state index contributed by atoms with van der Waals surface area (Å²) in [5, 5.41) is 9.22. The Balaban J connectivity index is 1.80. The number of carbonyl (C=O) groups is 1. The molecule has 0 saturated heterocycles. The third kappa shape index (κ3) is 4.34. The van der Waals surface area contributed by atoms with E-state index in [-0.39, 0.29) is 11.2 Å². The fourth-order valence-corrected chi connectivity index (χ4v) is 3.79. The Bertz CT molecular complexity index is 929. The zero-order valence-corrected chi connectivity index (χ0v) is 17.0. The average Bonchev–Trinajstić information content (AvgIpc) is 3.13. The van der Waals surface area contributed by atoms with Gasteiger partial charge in [-0.1, -0.05) is 47.6 Å². The molecule has 3 rings (SSSR count). The van der Waals surface area contributed by atoms with Crippen LogP contribution < -0.4 is 4.90 Å². The maximum atomic E-state index is 13.0. The molecule has 1 atom stereocenters. The third-order valence-electron chi connectivity index (χ3n) is 4.23. The molecule has 2 aromatic carbocycles. The van der Waals surface area contributed by atoms with E-state index in [0.717, 1.165) is 16.9 Å². The monoisotopic (exact) mass is 400 g/mol. The summed E-state index contributed by atoms with van der Waals surface area (Å²) < 4.78 is 1.85. The number of hydrogen-bond donors (Lipinski definition) is 0. The second-order valence-corrected chi connectivity index (χ2v) is 7.81. The SMILES string of the molecule is CCN(C(=O)C(C)Sc1nncn1-c1ccc(C)c(Cl)c1)c1ccccc1. The Labute approximate surface area is 168 Å². The van der Waals surface area contributed by atoms with E-state index in [4.69, 9.17) is 11.6 Å². The summed E-state index contributed by atoms with van der Waals surface area (Å²) in [5.41, 5.74) is 2.77. The standard InChI is InChI=1S/C20H21ClN4OS/c1-4-24(16-8-6-5-7-9-16)19(26)15(3)27-20-23-22-13-25(20)17-11-10-14(2)18(21)12-17/h5-13,15H,4H2,1-3H3. The topological polar surface area (TPSA) is 51.0 Å². The van der Waals surface area contributed by atoms with Gasteiger partial charge in [0.15, 0.2) is 5.16 Å². The van der Waals surface area contributed by atoms with Crippen molar-refractivity contribution in [3.63, 3.8) is 0 Å². The van der Waals surface area contributed by atoms with Crippen molar-refractivity contribution in [2.24, 2.45) is 0 Å². The van der Waals surface area contributed by atoms with Gasteiger partial charge in [-0.3, -0.25) is 9.36 Å². The minimum atomic E-state index is -0.311. The maximum Gasteiger partial charge on any atom is 0.240 e. The summed E-state index contributed by atoms with van der Waals surface area (Å²) in [7, 11) is 0. The first-order valence-electron chi connectivity index (χ1n) is 8.71. The molecule has 0 aliphatic heterocycles. The van der Waals surface area contributed by atoms with E-state index >= 15 is 0 Å². The van der Waals surface area contributed by atoms with E-state index in [1.807, 2.05) is 73.9 Å². The summed E-state index contributed by atoms with van der Waals surface area (Å²) >= 11 is 7.63. The van der Waals surface area contributed by atoms with Crippen LogP contribution in [0.5, 0.6) is 0 Å². The Morgan fingerprint density at radius 2 is 2.00 bits per heavy atom. The highest BCUT2D eigenvalue weighted by atomic mass is 35.5. The normalized spacial score (nSPS) is 12.0. The van der Waals surface area contributed by atoms with Gasteiger partial charge in [-0.2, -0.15) is 0 Å². The Morgan fingerprint density at radius 1 is 1.26 bits per heavy atom. The predicted octanol–water partition coefficient (Wildman–Crippen LogP) is 4.76. The van der Waals surface area contributed by atoms with Gasteiger partial charge in [-0.15, -0.1) is 10.2 Å². The molecule has 0 radical (unpaired) electrons. The van der Waals surface area contributed by atoms with Crippen molar-refractivity contribution >= 4 is 35.0 Å². The quantitative estimate of drug-likeness (QED) is 0.559. The van der Waals surface area contributed by atoms with Crippen LogP contribution >= 0.6 is 23.4 Å². The highest BCUT2D eigenvalue weighted by Gasteiger charge is 2.24. The largest absolute Gasteiger partial charge is 0.312 e. The zero-order chi connectivity index (χ0) is 19.4. The van der Waals surface area contributed by atoms with Crippen LogP contribution in [0.15, 0.2) is 60.0 Å². The summed E-state index contributed by atoms with van der Waals surface area (Å²) in [4.78, 5) is 14.8. The van der Waals surface area contributed by atoms with Crippen molar-refractivity contribution in [3.8, 4) is 5.69 Å². The smallest absolute Gasteiger partial charge is 0.240 e. The Kier molecular flexibility index (Phi) is 6.19. The molecular formula is C20H21ClN4OS. The van der Waals surface area contributed by atoms with Crippen molar-refractivity contribution in [2.75, 3.05) is 11.4 Å². The van der Waals surface area contributed by atoms with Crippen molar-refractivity contribution in [3.05, 3.63) is 65.4 Å². The van der Waals surface area contributed by atoms with E-state index in [9.17, 15) is 4.79 Å². The van der Waals surface area contributed by atoms with Crippen LogP contribution in [0.1, 0.15) is 19.4 Å². The minimum absolute atomic E-state index is 0.0326. The number of anilines is 1. The van der Waals surface area contributed by atoms with Gasteiger partial charge >= 0.3 is 0 Å². The molecule has 0 N–H and O–H groups in total. The molecule has 1 unspecified atom stereocenters. The average molecular weight is 401 g/mol. The number of benzene rings is 2. The van der Waals surface area contributed by atoms with E-state index in [1.165, 1.54) is 11.8 Å². The van der Waals surface area contributed by atoms with Crippen LogP contribution in [0.25, 0.3) is 5.69 Å². The minimum Gasteiger partial charge on any atom is -0.312 e. The molecule has 0 bridgehead atoms. The molecule has 3 aromatic rings. The number of halogens is 1. The van der Waals surface area contributed by atoms with Crippen molar-refractivity contribution < 1.29 is 4.79 Å². The van der Waals surface area contributed by atoms with Crippen LogP contribution in [-0.4, -0.2) is 32.5 Å². The molecule has 27 heavy (non-hydrogen) atoms. The summed E-state index contributed by atoms with van der Waals surface area (Å²) in [6.07, 6.45) is 1.63. The molecule has 7 heteroatoms. The van der Waals surface area contributed by atoms with Gasteiger partial charge in [0.05, 0.1) is 10.9 Å². The molecule has 0 spiro atoms. The number of thioether (sulfide) groups is 1. The molecule has 140 valence electrons. The Hall–Kier alpha value is -2.31. The van der Waals surface area contributed by atoms with Gasteiger partial charge < -0.3 is 4.90 Å². The van der Waals surface area contributed by atoms with Gasteiger partial charge in [-0.25, -0.2) is 0 Å². The van der Waals surface area contributed by atoms with Gasteiger partial charge in [0, 0.05) is 17.3 Å². The van der Waals surface area contributed by atoms with Crippen LogP contribution in [-0.2, 0) is 4.79 Å². The number of aryl methyl sites for hydroxylation is 1. The first kappa shape index (κ1) is 19.5. The fraction of sp³-hybridized carbons (Fsp3) is 0.250. The molecule has 0 aliphatic carbocycles. The number of aromatic nitrogens is 3. The van der Waals surface area contributed by atoms with Gasteiger partial charge in [-0.05, 0) is 50.6 Å². The first-order chi connectivity index (χ1) is 13.0. The zero-order valence-electron chi connectivity index (χ0n) is 15.5. The molecular weight excluding hydrogens is 380 g/mol. The number of para-hydroxylation sites is 1. The van der Waals surface area contributed by atoms with Crippen LogP contribution in [0.2, 0.25) is 5.02 Å². The molecule has 0 fully saturated rings. The second-order valence-electron chi connectivity index (χ2n) is 6.10. The number of carbonyl (C=O) groups excluding carboxylic acids is 1. The molecule has 0 aliphatic rings. The fourth-order valence-electron chi connectivity index (χ4n) is 2.72. The first-order valence-corrected chi connectivity index (χ1v) is 9.96. The van der Waals surface area contributed by atoms with Gasteiger partial charge in [0.1, 0.15) is 6.33 Å². The maximum absolute atomic E-state index is 13.0. The summed E-state index contributed by atoms with van der Waals surface area (Å²) in [6, 6.07) is 15.5. The third-order valence-corrected chi connectivity index (χ3v) is 5.68. The highest BCUT2D eigenvalue weighted by molar-refractivity contribution is 8.00. The lowest BCUT2D eigenvalue weighted by molar-refractivity contribution is -0.117. The molecule has 5 nitrogen and oxygen atoms in total. The van der Waals surface area contributed by atoms with Crippen molar-refractivity contribution in [2.45, 2.75) is 31.2 Å². The van der Waals surface area contributed by atoms with Crippen LogP contribution in [0.4, 0.5) is 5.69 Å². The van der Waals surface area contributed by atoms with Crippen molar-refractivity contribution in [1.82, 2.24) is 14.8 Å². The molecule has 0 saturated carbocycles. The second kappa shape index (κ2) is 8.59. The summed E-state index contributed by atoms with van der Waals surface area (Å²) in [5.74, 6) is 0.0326. The van der Waals surface area contributed by atoms with E-state index in [0.29, 0.717) is 16.7 Å². The predicted molar refractivity (Wildman–Crippen MR) is 111 cm³/mol. The Morgan fingerprint density at radius 3 is 2.67 bits per heavy atom. The summed E-state index contributed by atoms with van der Waals surface area (Å²) in [6.45, 7) is 6.42. The lowest BCUT2D eigenvalue weighted by Gasteiger charge is -2.24. The van der Waals surface area contributed by atoms with E-state index in [1.54, 1.807) is 11.2 Å². The molecule has 1 heterocycles. The van der Waals surface area contributed by atoms with Gasteiger partial charge in [0.2, 0.25) is 5.91 Å². The lowest BCUT2D eigenvalue weighted by atomic mass is 10.2. The highest BCUT2D eigenvalue weighted by Crippen LogP contribution is 2.28. The van der Waals surface area contributed by atoms with Gasteiger partial charge in [0.25, 0.3) is 0 Å².